The fraction of sp³-hybridized carbons (Fsp3) is 0.529. The van der Waals surface area contributed by atoms with Crippen molar-refractivity contribution in [3.8, 4) is 0 Å². The number of hydrogen-bond donors (Lipinski definition) is 2. The second-order valence-corrected chi connectivity index (χ2v) is 6.22. The maximum Gasteiger partial charge on any atom is 0.151 e. The zero-order chi connectivity index (χ0) is 16.2. The summed E-state index contributed by atoms with van der Waals surface area (Å²) in [4.78, 5) is 6.88. The van der Waals surface area contributed by atoms with E-state index >= 15 is 0 Å². The zero-order valence-corrected chi connectivity index (χ0v) is 13.9. The summed E-state index contributed by atoms with van der Waals surface area (Å²) in [6.07, 6.45) is 5.79. The molecular formula is C17H25N5O. The molecule has 1 saturated heterocycles. The van der Waals surface area contributed by atoms with Crippen LogP contribution in [0.5, 0.6) is 0 Å². The van der Waals surface area contributed by atoms with Crippen LogP contribution >= 0.6 is 0 Å². The van der Waals surface area contributed by atoms with Crippen LogP contribution in [0.4, 0.5) is 11.5 Å². The lowest BCUT2D eigenvalue weighted by Gasteiger charge is -2.33. The summed E-state index contributed by atoms with van der Waals surface area (Å²) in [5, 5.41) is 17.1. The van der Waals surface area contributed by atoms with Crippen LogP contribution in [0.15, 0.2) is 24.5 Å². The summed E-state index contributed by atoms with van der Waals surface area (Å²) in [5.74, 6) is 1.44. The molecule has 1 aliphatic rings. The van der Waals surface area contributed by atoms with Gasteiger partial charge in [0.2, 0.25) is 0 Å². The first-order chi connectivity index (χ1) is 11.2. The maximum atomic E-state index is 9.29. The molecule has 2 N–H and O–H groups in total. The second-order valence-electron chi connectivity index (χ2n) is 6.22. The lowest BCUT2D eigenvalue weighted by Crippen LogP contribution is -2.35. The Hall–Kier alpha value is -2.08. The standard InChI is InChI=1S/C17H25N5O/c1-13-15(11-20-21(13)2)10-19-16-4-3-7-18-17(16)22-8-5-14(12-23)6-9-22/h3-4,7,11,14,19,23H,5-6,8-10,12H2,1-2H3. The Labute approximate surface area is 137 Å². The number of nitrogens with zero attached hydrogens (tertiary/aromatic N) is 4. The third kappa shape index (κ3) is 3.47. The van der Waals surface area contributed by atoms with Crippen LogP contribution in [0, 0.1) is 12.8 Å². The molecule has 124 valence electrons. The van der Waals surface area contributed by atoms with E-state index in [-0.39, 0.29) is 0 Å². The minimum Gasteiger partial charge on any atom is -0.396 e. The largest absolute Gasteiger partial charge is 0.396 e. The monoisotopic (exact) mass is 315 g/mol. The summed E-state index contributed by atoms with van der Waals surface area (Å²) in [6, 6.07) is 4.04. The number of aryl methyl sites for hydroxylation is 1. The Balaban J connectivity index is 1.70. The molecule has 1 aliphatic heterocycles. The molecule has 2 aromatic rings. The molecular weight excluding hydrogens is 290 g/mol. The van der Waals surface area contributed by atoms with E-state index in [4.69, 9.17) is 0 Å². The number of pyridine rings is 1. The molecule has 0 aromatic carbocycles. The molecule has 0 aliphatic carbocycles. The predicted molar refractivity (Wildman–Crippen MR) is 91.5 cm³/mol. The van der Waals surface area contributed by atoms with Gasteiger partial charge < -0.3 is 15.3 Å². The van der Waals surface area contributed by atoms with E-state index in [1.165, 1.54) is 11.3 Å². The van der Waals surface area contributed by atoms with Gasteiger partial charge in [0.05, 0.1) is 11.9 Å². The molecule has 3 rings (SSSR count). The molecule has 6 nitrogen and oxygen atoms in total. The molecule has 23 heavy (non-hydrogen) atoms. The Morgan fingerprint density at radius 3 is 2.78 bits per heavy atom. The van der Waals surface area contributed by atoms with Gasteiger partial charge >= 0.3 is 0 Å². The summed E-state index contributed by atoms with van der Waals surface area (Å²) < 4.78 is 1.89. The number of anilines is 2. The number of aliphatic hydroxyl groups excluding tert-OH is 1. The van der Waals surface area contributed by atoms with Crippen LogP contribution < -0.4 is 10.2 Å². The predicted octanol–water partition coefficient (Wildman–Crippen LogP) is 1.94. The van der Waals surface area contributed by atoms with Gasteiger partial charge in [-0.2, -0.15) is 5.10 Å². The normalized spacial score (nSPS) is 15.9. The molecule has 0 saturated carbocycles. The van der Waals surface area contributed by atoms with Crippen molar-refractivity contribution < 1.29 is 5.11 Å². The van der Waals surface area contributed by atoms with Gasteiger partial charge in [0.25, 0.3) is 0 Å². The topological polar surface area (TPSA) is 66.2 Å². The van der Waals surface area contributed by atoms with Gasteiger partial charge in [-0.1, -0.05) is 0 Å². The average Bonchev–Trinajstić information content (AvgIpc) is 2.92. The van der Waals surface area contributed by atoms with Gasteiger partial charge in [0.15, 0.2) is 5.82 Å². The third-order valence-electron chi connectivity index (χ3n) is 4.77. The van der Waals surface area contributed by atoms with Crippen LogP contribution in [0.2, 0.25) is 0 Å². The van der Waals surface area contributed by atoms with Crippen LogP contribution in [-0.4, -0.2) is 39.6 Å². The summed E-state index contributed by atoms with van der Waals surface area (Å²) in [5.41, 5.74) is 3.42. The van der Waals surface area contributed by atoms with Crippen LogP contribution in [0.25, 0.3) is 0 Å². The highest BCUT2D eigenvalue weighted by molar-refractivity contribution is 5.65. The highest BCUT2D eigenvalue weighted by Gasteiger charge is 2.21. The zero-order valence-electron chi connectivity index (χ0n) is 13.9. The second kappa shape index (κ2) is 7.00. The van der Waals surface area contributed by atoms with Gasteiger partial charge in [-0.25, -0.2) is 4.98 Å². The van der Waals surface area contributed by atoms with E-state index < -0.39 is 0 Å². The molecule has 0 atom stereocenters. The van der Waals surface area contributed by atoms with Gasteiger partial charge in [-0.3, -0.25) is 4.68 Å². The minimum atomic E-state index is 0.293. The average molecular weight is 315 g/mol. The Bertz CT molecular complexity index is 646. The fourth-order valence-corrected chi connectivity index (χ4v) is 3.02. The van der Waals surface area contributed by atoms with Crippen molar-refractivity contribution in [3.63, 3.8) is 0 Å². The van der Waals surface area contributed by atoms with Gasteiger partial charge in [-0.05, 0) is 37.8 Å². The number of aromatic nitrogens is 3. The molecule has 2 aromatic heterocycles. The van der Waals surface area contributed by atoms with Gasteiger partial charge in [0, 0.05) is 50.7 Å². The SMILES string of the molecule is Cc1c(CNc2cccnc2N2CCC(CO)CC2)cnn1C. The van der Waals surface area contributed by atoms with Gasteiger partial charge in [-0.15, -0.1) is 0 Å². The van der Waals surface area contributed by atoms with E-state index in [9.17, 15) is 5.11 Å². The quantitative estimate of drug-likeness (QED) is 0.883. The highest BCUT2D eigenvalue weighted by atomic mass is 16.3. The molecule has 0 spiro atoms. The lowest BCUT2D eigenvalue weighted by molar-refractivity contribution is 0.203. The molecule has 3 heterocycles. The van der Waals surface area contributed by atoms with Gasteiger partial charge in [0.1, 0.15) is 0 Å². The van der Waals surface area contributed by atoms with E-state index in [1.54, 1.807) is 0 Å². The minimum absolute atomic E-state index is 0.293. The van der Waals surface area contributed by atoms with Crippen molar-refractivity contribution >= 4 is 11.5 Å². The Kier molecular flexibility index (Phi) is 4.81. The molecule has 0 amide bonds. The van der Waals surface area contributed by atoms with Crippen molar-refractivity contribution in [1.82, 2.24) is 14.8 Å². The molecule has 0 radical (unpaired) electrons. The van der Waals surface area contributed by atoms with Crippen molar-refractivity contribution in [1.29, 1.82) is 0 Å². The highest BCUT2D eigenvalue weighted by Crippen LogP contribution is 2.28. The van der Waals surface area contributed by atoms with Crippen molar-refractivity contribution in [2.24, 2.45) is 13.0 Å². The van der Waals surface area contributed by atoms with Crippen LogP contribution in [0.3, 0.4) is 0 Å². The van der Waals surface area contributed by atoms with Crippen LogP contribution in [-0.2, 0) is 13.6 Å². The van der Waals surface area contributed by atoms with Crippen molar-refractivity contribution in [3.05, 3.63) is 35.8 Å². The number of rotatable bonds is 5. The number of aliphatic hydroxyl groups is 1. The third-order valence-corrected chi connectivity index (χ3v) is 4.77. The van der Waals surface area contributed by atoms with E-state index in [1.807, 2.05) is 30.2 Å². The summed E-state index contributed by atoms with van der Waals surface area (Å²) in [7, 11) is 1.96. The Morgan fingerprint density at radius 2 is 2.13 bits per heavy atom. The number of hydrogen-bond acceptors (Lipinski definition) is 5. The maximum absolute atomic E-state index is 9.29. The number of piperidine rings is 1. The van der Waals surface area contributed by atoms with E-state index in [2.05, 4.69) is 33.3 Å². The first-order valence-electron chi connectivity index (χ1n) is 8.21. The first kappa shape index (κ1) is 15.8. The summed E-state index contributed by atoms with van der Waals surface area (Å²) in [6.45, 7) is 5.01. The Morgan fingerprint density at radius 1 is 1.35 bits per heavy atom. The molecule has 0 bridgehead atoms. The smallest absolute Gasteiger partial charge is 0.151 e. The first-order valence-corrected chi connectivity index (χ1v) is 8.21. The fourth-order valence-electron chi connectivity index (χ4n) is 3.02. The van der Waals surface area contributed by atoms with Crippen molar-refractivity contribution in [2.45, 2.75) is 26.3 Å². The number of nitrogens with one attached hydrogen (secondary N) is 1. The molecule has 6 heteroatoms. The van der Waals surface area contributed by atoms with Crippen LogP contribution in [0.1, 0.15) is 24.1 Å². The summed E-state index contributed by atoms with van der Waals surface area (Å²) >= 11 is 0. The van der Waals surface area contributed by atoms with E-state index in [0.29, 0.717) is 12.5 Å². The lowest BCUT2D eigenvalue weighted by atomic mass is 9.98. The van der Waals surface area contributed by atoms with E-state index in [0.717, 1.165) is 44.0 Å². The van der Waals surface area contributed by atoms with Crippen molar-refractivity contribution in [2.75, 3.05) is 29.9 Å². The molecule has 0 unspecified atom stereocenters. The molecule has 1 fully saturated rings.